The number of carbonyl (C=O) groups is 1. The van der Waals surface area contributed by atoms with Crippen LogP contribution in [0.1, 0.15) is 16.1 Å². The molecule has 0 radical (unpaired) electrons. The molecular formula is C29H20Cl2N4O. The Hall–Kier alpha value is -4.19. The molecule has 0 spiro atoms. The highest BCUT2D eigenvalue weighted by molar-refractivity contribution is 6.36. The van der Waals surface area contributed by atoms with Crippen molar-refractivity contribution in [3.05, 3.63) is 130 Å². The summed E-state index contributed by atoms with van der Waals surface area (Å²) in [5, 5.41) is 9.58. The van der Waals surface area contributed by atoms with Gasteiger partial charge in [-0.05, 0) is 41.5 Å². The third-order valence-corrected chi connectivity index (χ3v) is 6.13. The van der Waals surface area contributed by atoms with Gasteiger partial charge < -0.3 is 0 Å². The third-order valence-electron chi connectivity index (χ3n) is 5.56. The Morgan fingerprint density at radius 1 is 0.778 bits per heavy atom. The van der Waals surface area contributed by atoms with Crippen molar-refractivity contribution < 1.29 is 4.79 Å². The summed E-state index contributed by atoms with van der Waals surface area (Å²) in [5.41, 5.74) is 8.21. The number of hydrogen-bond acceptors (Lipinski definition) is 3. The van der Waals surface area contributed by atoms with E-state index in [1.807, 2.05) is 60.7 Å². The third kappa shape index (κ3) is 5.23. The highest BCUT2D eigenvalue weighted by Crippen LogP contribution is 2.27. The maximum atomic E-state index is 12.9. The van der Waals surface area contributed by atoms with Crippen LogP contribution in [0.25, 0.3) is 28.1 Å². The van der Waals surface area contributed by atoms with Gasteiger partial charge in [0.15, 0.2) is 5.69 Å². The van der Waals surface area contributed by atoms with E-state index in [-0.39, 0.29) is 5.69 Å². The normalized spacial score (nSPS) is 11.1. The lowest BCUT2D eigenvalue weighted by Crippen LogP contribution is -2.18. The van der Waals surface area contributed by atoms with E-state index in [1.54, 1.807) is 28.9 Å². The van der Waals surface area contributed by atoms with Gasteiger partial charge in [-0.3, -0.25) is 4.79 Å². The predicted molar refractivity (Wildman–Crippen MR) is 146 cm³/mol. The summed E-state index contributed by atoms with van der Waals surface area (Å²) in [7, 11) is 0. The molecule has 0 aliphatic heterocycles. The maximum Gasteiger partial charge on any atom is 0.291 e. The molecule has 1 N–H and O–H groups in total. The zero-order valence-electron chi connectivity index (χ0n) is 19.0. The lowest BCUT2D eigenvalue weighted by atomic mass is 10.0. The molecule has 1 amide bonds. The van der Waals surface area contributed by atoms with Gasteiger partial charge in [-0.15, -0.1) is 0 Å². The van der Waals surface area contributed by atoms with Crippen LogP contribution in [0.2, 0.25) is 10.0 Å². The topological polar surface area (TPSA) is 59.3 Å². The summed E-state index contributed by atoms with van der Waals surface area (Å²) in [5.74, 6) is -0.437. The average molecular weight is 511 g/mol. The number of hydrogen-bond donors (Lipinski definition) is 1. The van der Waals surface area contributed by atoms with E-state index in [4.69, 9.17) is 23.2 Å². The molecule has 0 aliphatic rings. The minimum absolute atomic E-state index is 0.236. The molecule has 0 aliphatic carbocycles. The number of nitrogens with one attached hydrogen (secondary N) is 1. The van der Waals surface area contributed by atoms with E-state index in [1.165, 1.54) is 6.21 Å². The molecule has 5 rings (SSSR count). The van der Waals surface area contributed by atoms with E-state index in [0.29, 0.717) is 15.6 Å². The molecular weight excluding hydrogens is 491 g/mol. The Kier molecular flexibility index (Phi) is 6.94. The van der Waals surface area contributed by atoms with Crippen LogP contribution in [0.3, 0.4) is 0 Å². The first-order valence-electron chi connectivity index (χ1n) is 11.2. The van der Waals surface area contributed by atoms with Gasteiger partial charge in [0.25, 0.3) is 5.91 Å². The number of rotatable bonds is 6. The molecule has 1 heterocycles. The van der Waals surface area contributed by atoms with Gasteiger partial charge >= 0.3 is 0 Å². The van der Waals surface area contributed by atoms with Gasteiger partial charge in [0.2, 0.25) is 0 Å². The second-order valence-corrected chi connectivity index (χ2v) is 8.81. The van der Waals surface area contributed by atoms with Crippen molar-refractivity contribution in [1.29, 1.82) is 0 Å². The zero-order valence-corrected chi connectivity index (χ0v) is 20.5. The van der Waals surface area contributed by atoms with Crippen molar-refractivity contribution in [3.63, 3.8) is 0 Å². The predicted octanol–water partition coefficient (Wildman–Crippen LogP) is 7.28. The fraction of sp³-hybridized carbons (Fsp3) is 0. The number of hydrazone groups is 1. The van der Waals surface area contributed by atoms with Crippen molar-refractivity contribution in [2.45, 2.75) is 0 Å². The van der Waals surface area contributed by atoms with Crippen molar-refractivity contribution >= 4 is 35.3 Å². The van der Waals surface area contributed by atoms with Crippen molar-refractivity contribution in [1.82, 2.24) is 15.2 Å². The smallest absolute Gasteiger partial charge is 0.265 e. The highest BCUT2D eigenvalue weighted by atomic mass is 35.5. The molecule has 0 saturated heterocycles. The molecule has 7 heteroatoms. The van der Waals surface area contributed by atoms with Crippen LogP contribution in [0, 0.1) is 0 Å². The summed E-state index contributed by atoms with van der Waals surface area (Å²) in [6, 6.07) is 34.8. The van der Waals surface area contributed by atoms with Crippen molar-refractivity contribution in [2.75, 3.05) is 0 Å². The van der Waals surface area contributed by atoms with Crippen molar-refractivity contribution in [2.24, 2.45) is 5.10 Å². The van der Waals surface area contributed by atoms with Gasteiger partial charge in [-0.25, -0.2) is 10.1 Å². The molecule has 1 aromatic heterocycles. The summed E-state index contributed by atoms with van der Waals surface area (Å²) in [6.07, 6.45) is 1.47. The molecule has 36 heavy (non-hydrogen) atoms. The molecule has 0 bridgehead atoms. The Morgan fingerprint density at radius 3 is 2.11 bits per heavy atom. The Morgan fingerprint density at radius 2 is 1.42 bits per heavy atom. The number of nitrogens with zero attached hydrogens (tertiary/aromatic N) is 3. The van der Waals surface area contributed by atoms with E-state index >= 15 is 0 Å². The fourth-order valence-corrected chi connectivity index (χ4v) is 4.21. The van der Waals surface area contributed by atoms with Crippen LogP contribution in [0.4, 0.5) is 0 Å². The summed E-state index contributed by atoms with van der Waals surface area (Å²) in [6.45, 7) is 0. The second-order valence-electron chi connectivity index (χ2n) is 7.97. The number of carbonyl (C=O) groups excluding carboxylic acids is 1. The Balaban J connectivity index is 1.44. The summed E-state index contributed by atoms with van der Waals surface area (Å²) >= 11 is 12.1. The lowest BCUT2D eigenvalue weighted by Gasteiger charge is -2.08. The second kappa shape index (κ2) is 10.6. The van der Waals surface area contributed by atoms with Crippen LogP contribution in [0.5, 0.6) is 0 Å². The number of halogens is 2. The molecule has 5 aromatic rings. The van der Waals surface area contributed by atoms with E-state index in [9.17, 15) is 4.79 Å². The SMILES string of the molecule is O=C(N/N=C\c1ccc(Cl)cc1Cl)c1cc(-c2ccc(-c3ccccc3)cc2)n(-c2ccccc2)n1. The van der Waals surface area contributed by atoms with Crippen LogP contribution in [0.15, 0.2) is 114 Å². The van der Waals surface area contributed by atoms with Gasteiger partial charge in [0, 0.05) is 16.1 Å². The Bertz CT molecular complexity index is 1530. The lowest BCUT2D eigenvalue weighted by molar-refractivity contribution is 0.0949. The minimum atomic E-state index is -0.437. The van der Waals surface area contributed by atoms with E-state index in [2.05, 4.69) is 39.9 Å². The van der Waals surface area contributed by atoms with Gasteiger partial charge in [0.05, 0.1) is 22.6 Å². The summed E-state index contributed by atoms with van der Waals surface area (Å²) in [4.78, 5) is 12.9. The fourth-order valence-electron chi connectivity index (χ4n) is 3.75. The first kappa shape index (κ1) is 23.5. The van der Waals surface area contributed by atoms with Crippen LogP contribution >= 0.6 is 23.2 Å². The quantitative estimate of drug-likeness (QED) is 0.192. The zero-order chi connectivity index (χ0) is 24.9. The Labute approximate surface area is 218 Å². The molecule has 0 saturated carbocycles. The van der Waals surface area contributed by atoms with Crippen LogP contribution in [-0.4, -0.2) is 21.9 Å². The van der Waals surface area contributed by atoms with Crippen LogP contribution in [-0.2, 0) is 0 Å². The minimum Gasteiger partial charge on any atom is -0.265 e. The molecule has 5 nitrogen and oxygen atoms in total. The number of para-hydroxylation sites is 1. The molecule has 0 fully saturated rings. The molecule has 0 atom stereocenters. The number of aromatic nitrogens is 2. The van der Waals surface area contributed by atoms with Gasteiger partial charge in [-0.2, -0.15) is 10.2 Å². The maximum absolute atomic E-state index is 12.9. The highest BCUT2D eigenvalue weighted by Gasteiger charge is 2.17. The average Bonchev–Trinajstić information content (AvgIpc) is 3.37. The molecule has 0 unspecified atom stereocenters. The van der Waals surface area contributed by atoms with Crippen LogP contribution < -0.4 is 5.43 Å². The standard InChI is InChI=1S/C29H20Cl2N4O/c30-24-16-15-23(26(31)17-24)19-32-33-29(36)27-18-28(35(34-27)25-9-5-2-6-10-25)22-13-11-21(12-14-22)20-7-3-1-4-8-20/h1-19H,(H,33,36)/b32-19-. The van der Waals surface area contributed by atoms with E-state index in [0.717, 1.165) is 28.1 Å². The first-order valence-corrected chi connectivity index (χ1v) is 11.9. The molecule has 176 valence electrons. The number of benzene rings is 4. The summed E-state index contributed by atoms with van der Waals surface area (Å²) < 4.78 is 1.76. The largest absolute Gasteiger partial charge is 0.291 e. The first-order chi connectivity index (χ1) is 17.6. The number of amides is 1. The van der Waals surface area contributed by atoms with E-state index < -0.39 is 5.91 Å². The molecule has 4 aromatic carbocycles. The monoisotopic (exact) mass is 510 g/mol. The van der Waals surface area contributed by atoms with Gasteiger partial charge in [-0.1, -0.05) is 102 Å². The van der Waals surface area contributed by atoms with Gasteiger partial charge in [0.1, 0.15) is 0 Å². The van der Waals surface area contributed by atoms with Crippen molar-refractivity contribution in [3.8, 4) is 28.1 Å².